The van der Waals surface area contributed by atoms with Crippen LogP contribution >= 0.6 is 11.3 Å². The highest BCUT2D eigenvalue weighted by atomic mass is 32.1. The van der Waals surface area contributed by atoms with Gasteiger partial charge in [0.05, 0.1) is 6.61 Å². The molecule has 1 aromatic heterocycles. The molecule has 0 aromatic carbocycles. The Balaban J connectivity index is 2.52. The van der Waals surface area contributed by atoms with E-state index in [0.29, 0.717) is 11.5 Å². The fourth-order valence-corrected chi connectivity index (χ4v) is 1.52. The largest absolute Gasteiger partial charge is 0.465 e. The van der Waals surface area contributed by atoms with Crippen molar-refractivity contribution in [2.45, 2.75) is 13.3 Å². The Morgan fingerprint density at radius 3 is 3.07 bits per heavy atom. The van der Waals surface area contributed by atoms with E-state index >= 15 is 0 Å². The van der Waals surface area contributed by atoms with Gasteiger partial charge >= 0.3 is 5.97 Å². The third-order valence-electron chi connectivity index (χ3n) is 1.48. The Morgan fingerprint density at radius 1 is 1.67 bits per heavy atom. The fourth-order valence-electron chi connectivity index (χ4n) is 0.891. The summed E-state index contributed by atoms with van der Waals surface area (Å²) < 4.78 is 4.72. The minimum atomic E-state index is -0.319. The zero-order valence-corrected chi connectivity index (χ0v) is 9.06. The van der Waals surface area contributed by atoms with Crippen LogP contribution in [0, 0.1) is 23.2 Å². The SMILES string of the molecule is CCOC(=O)CC#Cc1csc(C#N)c1. The molecule has 0 radical (unpaired) electrons. The van der Waals surface area contributed by atoms with Gasteiger partial charge in [-0.05, 0) is 13.0 Å². The van der Waals surface area contributed by atoms with Crippen molar-refractivity contribution in [3.8, 4) is 17.9 Å². The average molecular weight is 219 g/mol. The summed E-state index contributed by atoms with van der Waals surface area (Å²) in [7, 11) is 0. The van der Waals surface area contributed by atoms with Crippen molar-refractivity contribution in [3.63, 3.8) is 0 Å². The Hall–Kier alpha value is -1.78. The summed E-state index contributed by atoms with van der Waals surface area (Å²) in [6.45, 7) is 2.13. The number of carbonyl (C=O) groups excluding carboxylic acids is 1. The second kappa shape index (κ2) is 5.85. The van der Waals surface area contributed by atoms with Crippen molar-refractivity contribution >= 4 is 17.3 Å². The van der Waals surface area contributed by atoms with Crippen LogP contribution in [0.15, 0.2) is 11.4 Å². The summed E-state index contributed by atoms with van der Waals surface area (Å²) in [5.74, 6) is 5.17. The molecule has 1 rings (SSSR count). The number of hydrogen-bond acceptors (Lipinski definition) is 4. The van der Waals surface area contributed by atoms with E-state index in [1.54, 1.807) is 18.4 Å². The Labute approximate surface area is 92.3 Å². The molecule has 15 heavy (non-hydrogen) atoms. The van der Waals surface area contributed by atoms with Crippen LogP contribution in [0.25, 0.3) is 0 Å². The van der Waals surface area contributed by atoms with Gasteiger partial charge in [0.2, 0.25) is 0 Å². The number of esters is 1. The van der Waals surface area contributed by atoms with Gasteiger partial charge in [-0.3, -0.25) is 4.79 Å². The van der Waals surface area contributed by atoms with Crippen molar-refractivity contribution in [2.24, 2.45) is 0 Å². The summed E-state index contributed by atoms with van der Waals surface area (Å²) in [4.78, 5) is 11.5. The van der Waals surface area contributed by atoms with Crippen LogP contribution in [0.1, 0.15) is 23.8 Å². The summed E-state index contributed by atoms with van der Waals surface area (Å²) in [6, 6.07) is 3.72. The molecule has 0 spiro atoms. The minimum absolute atomic E-state index is 0.0889. The molecule has 3 nitrogen and oxygen atoms in total. The van der Waals surface area contributed by atoms with E-state index in [9.17, 15) is 4.79 Å². The van der Waals surface area contributed by atoms with Crippen molar-refractivity contribution in [3.05, 3.63) is 21.9 Å². The molecule has 0 fully saturated rings. The molecule has 0 N–H and O–H groups in total. The van der Waals surface area contributed by atoms with Crippen LogP contribution in [0.5, 0.6) is 0 Å². The van der Waals surface area contributed by atoms with Crippen LogP contribution < -0.4 is 0 Å². The predicted octanol–water partition coefficient (Wildman–Crippen LogP) is 1.92. The fraction of sp³-hybridized carbons (Fsp3) is 0.273. The van der Waals surface area contributed by atoms with E-state index in [2.05, 4.69) is 11.8 Å². The normalized spacial score (nSPS) is 8.53. The quantitative estimate of drug-likeness (QED) is 0.564. The first kappa shape index (κ1) is 11.3. The van der Waals surface area contributed by atoms with Crippen molar-refractivity contribution < 1.29 is 9.53 Å². The van der Waals surface area contributed by atoms with Gasteiger partial charge in [-0.1, -0.05) is 11.8 Å². The molecule has 0 amide bonds. The highest BCUT2D eigenvalue weighted by molar-refractivity contribution is 7.10. The van der Waals surface area contributed by atoms with Gasteiger partial charge in [-0.2, -0.15) is 5.26 Å². The van der Waals surface area contributed by atoms with Crippen LogP contribution in [-0.4, -0.2) is 12.6 Å². The highest BCUT2D eigenvalue weighted by Gasteiger charge is 1.97. The van der Waals surface area contributed by atoms with Crippen LogP contribution in [0.4, 0.5) is 0 Å². The number of rotatable bonds is 2. The van der Waals surface area contributed by atoms with Gasteiger partial charge < -0.3 is 4.74 Å². The standard InChI is InChI=1S/C11H9NO2S/c1-2-14-11(13)5-3-4-9-6-10(7-12)15-8-9/h6,8H,2,5H2,1H3. The van der Waals surface area contributed by atoms with Gasteiger partial charge in [0.1, 0.15) is 17.4 Å². The molecule has 0 bridgehead atoms. The number of carbonyl (C=O) groups is 1. The first-order valence-electron chi connectivity index (χ1n) is 4.39. The molecule has 1 aromatic rings. The van der Waals surface area contributed by atoms with Gasteiger partial charge in [0.25, 0.3) is 0 Å². The van der Waals surface area contributed by atoms with E-state index in [-0.39, 0.29) is 12.4 Å². The molecular formula is C11H9NO2S. The summed E-state index contributed by atoms with van der Waals surface area (Å²) >= 11 is 1.34. The molecule has 0 aliphatic rings. The van der Waals surface area contributed by atoms with E-state index in [0.717, 1.165) is 5.56 Å². The highest BCUT2D eigenvalue weighted by Crippen LogP contribution is 2.11. The number of hydrogen-bond donors (Lipinski definition) is 0. The zero-order chi connectivity index (χ0) is 11.1. The number of ether oxygens (including phenoxy) is 1. The molecule has 0 aliphatic heterocycles. The topological polar surface area (TPSA) is 50.1 Å². The van der Waals surface area contributed by atoms with Gasteiger partial charge in [0, 0.05) is 10.9 Å². The maximum Gasteiger partial charge on any atom is 0.317 e. The molecule has 0 saturated carbocycles. The molecule has 0 atom stereocenters. The smallest absolute Gasteiger partial charge is 0.317 e. The Morgan fingerprint density at radius 2 is 2.47 bits per heavy atom. The van der Waals surface area contributed by atoms with Crippen LogP contribution in [0.2, 0.25) is 0 Å². The van der Waals surface area contributed by atoms with E-state index in [1.807, 2.05) is 6.07 Å². The van der Waals surface area contributed by atoms with Gasteiger partial charge in [-0.25, -0.2) is 0 Å². The van der Waals surface area contributed by atoms with Gasteiger partial charge in [-0.15, -0.1) is 11.3 Å². The third-order valence-corrected chi connectivity index (χ3v) is 2.32. The number of thiophene rings is 1. The second-order valence-electron chi connectivity index (χ2n) is 2.60. The third kappa shape index (κ3) is 3.84. The summed E-state index contributed by atoms with van der Waals surface area (Å²) in [5.41, 5.74) is 0.765. The van der Waals surface area contributed by atoms with Crippen LogP contribution in [0.3, 0.4) is 0 Å². The maximum atomic E-state index is 10.9. The van der Waals surface area contributed by atoms with Crippen molar-refractivity contribution in [1.82, 2.24) is 0 Å². The van der Waals surface area contributed by atoms with Crippen LogP contribution in [-0.2, 0) is 9.53 Å². The zero-order valence-electron chi connectivity index (χ0n) is 8.24. The first-order valence-corrected chi connectivity index (χ1v) is 5.27. The Bertz CT molecular complexity index is 445. The lowest BCUT2D eigenvalue weighted by Crippen LogP contribution is -2.01. The molecular weight excluding hydrogens is 210 g/mol. The lowest BCUT2D eigenvalue weighted by molar-refractivity contribution is -0.141. The molecule has 0 unspecified atom stereocenters. The second-order valence-corrected chi connectivity index (χ2v) is 3.51. The monoisotopic (exact) mass is 219 g/mol. The van der Waals surface area contributed by atoms with E-state index in [1.165, 1.54) is 11.3 Å². The van der Waals surface area contributed by atoms with Gasteiger partial charge in [0.15, 0.2) is 0 Å². The Kier molecular flexibility index (Phi) is 4.40. The predicted molar refractivity (Wildman–Crippen MR) is 57.2 cm³/mol. The van der Waals surface area contributed by atoms with Crippen molar-refractivity contribution in [2.75, 3.05) is 6.61 Å². The average Bonchev–Trinajstić information content (AvgIpc) is 2.66. The molecule has 76 valence electrons. The molecule has 0 saturated heterocycles. The molecule has 4 heteroatoms. The lowest BCUT2D eigenvalue weighted by atomic mass is 10.3. The maximum absolute atomic E-state index is 10.9. The van der Waals surface area contributed by atoms with Crippen molar-refractivity contribution in [1.29, 1.82) is 5.26 Å². The van der Waals surface area contributed by atoms with E-state index in [4.69, 9.17) is 10.00 Å². The first-order chi connectivity index (χ1) is 7.26. The lowest BCUT2D eigenvalue weighted by Gasteiger charge is -1.94. The number of nitrogens with zero attached hydrogens (tertiary/aromatic N) is 1. The molecule has 1 heterocycles. The minimum Gasteiger partial charge on any atom is -0.465 e. The summed E-state index contributed by atoms with van der Waals surface area (Å²) in [6.07, 6.45) is 0.0889. The number of nitriles is 1. The van der Waals surface area contributed by atoms with E-state index < -0.39 is 0 Å². The summed E-state index contributed by atoms with van der Waals surface area (Å²) in [5, 5.41) is 10.4. The molecule has 0 aliphatic carbocycles.